The van der Waals surface area contributed by atoms with E-state index in [1.54, 1.807) is 6.92 Å². The summed E-state index contributed by atoms with van der Waals surface area (Å²) in [6.07, 6.45) is 8.94. The van der Waals surface area contributed by atoms with Crippen LogP contribution >= 0.6 is 42.6 Å². The van der Waals surface area contributed by atoms with Crippen LogP contribution in [0.2, 0.25) is 0 Å². The number of carbonyl (C=O) groups is 1. The van der Waals surface area contributed by atoms with Crippen LogP contribution in [-0.4, -0.2) is 37.3 Å². The molecule has 2 aliphatic heterocycles. The van der Waals surface area contributed by atoms with Gasteiger partial charge in [-0.15, -0.1) is 23.2 Å². The van der Waals surface area contributed by atoms with Gasteiger partial charge in [0.05, 0.1) is 29.4 Å². The molecule has 2 N–H and O–H groups in total. The van der Waals surface area contributed by atoms with Crippen molar-refractivity contribution < 1.29 is 24.7 Å². The molecule has 2 aliphatic rings. The van der Waals surface area contributed by atoms with Crippen molar-refractivity contribution in [3.63, 3.8) is 0 Å². The second-order valence-electron chi connectivity index (χ2n) is 10.9. The number of aromatic amines is 2. The number of nitrogens with zero attached hydrogens (tertiary/aromatic N) is 2. The van der Waals surface area contributed by atoms with Crippen molar-refractivity contribution in [2.24, 2.45) is 0 Å². The van der Waals surface area contributed by atoms with Crippen LogP contribution in [0.15, 0.2) is 91.0 Å². The van der Waals surface area contributed by atoms with Gasteiger partial charge in [-0.25, -0.2) is 9.97 Å². The number of hydrogen-bond acceptors (Lipinski definition) is 4. The van der Waals surface area contributed by atoms with Gasteiger partial charge in [-0.1, -0.05) is 42.5 Å². The molecule has 2 aromatic carbocycles. The number of alkyl halides is 2. The molecular formula is C37H32Cl4N4O2Zn. The molecule has 0 spiro atoms. The molecular weight excluding hydrogens is 740 g/mol. The molecule has 5 aromatic rings. The Hall–Kier alpha value is -3.45. The zero-order chi connectivity index (χ0) is 33.9. The zero-order valence-corrected chi connectivity index (χ0v) is 32.2. The Bertz CT molecular complexity index is 2000. The van der Waals surface area contributed by atoms with Crippen molar-refractivity contribution in [1.82, 2.24) is 19.9 Å². The van der Waals surface area contributed by atoms with E-state index >= 15 is 0 Å². The summed E-state index contributed by atoms with van der Waals surface area (Å²) in [5, 5.41) is 2.27. The second kappa shape index (κ2) is 17.8. The van der Waals surface area contributed by atoms with Crippen LogP contribution in [0.4, 0.5) is 0 Å². The fraction of sp³-hybridized carbons (Fsp3) is 0.162. The van der Waals surface area contributed by atoms with Crippen LogP contribution in [0.1, 0.15) is 54.0 Å². The van der Waals surface area contributed by atoms with Gasteiger partial charge in [0.1, 0.15) is 4.84 Å². The number of carbonyl (C=O) groups excluding carboxylic acids is 1. The van der Waals surface area contributed by atoms with Crippen LogP contribution in [0.25, 0.3) is 57.1 Å². The van der Waals surface area contributed by atoms with Gasteiger partial charge in [0.15, 0.2) is 0 Å². The molecule has 0 radical (unpaired) electrons. The topological polar surface area (TPSA) is 83.7 Å². The third-order valence-electron chi connectivity index (χ3n) is 7.53. The number of ether oxygens (including phenoxy) is 1. The van der Waals surface area contributed by atoms with E-state index in [2.05, 4.69) is 68.5 Å². The Morgan fingerprint density at radius 1 is 0.729 bits per heavy atom. The molecule has 1 atom stereocenters. The van der Waals surface area contributed by atoms with Crippen LogP contribution < -0.4 is 0 Å². The summed E-state index contributed by atoms with van der Waals surface area (Å²) in [5.74, 6) is -0.305. The average Bonchev–Trinajstić information content (AvgIpc) is 3.89. The van der Waals surface area contributed by atoms with Gasteiger partial charge in [0, 0.05) is 34.4 Å². The number of hydrogen-bond donors (Lipinski definition) is 2. The predicted molar refractivity (Wildman–Crippen MR) is 199 cm³/mol. The van der Waals surface area contributed by atoms with E-state index in [1.807, 2.05) is 66.8 Å². The first-order valence-electron chi connectivity index (χ1n) is 15.4. The number of nitrogens with one attached hydrogen (secondary N) is 2. The molecule has 0 saturated carbocycles. The molecule has 8 bridgehead atoms. The molecule has 0 amide bonds. The van der Waals surface area contributed by atoms with Crippen molar-refractivity contribution in [1.29, 1.82) is 0 Å². The normalized spacial score (nSPS) is 12.0. The van der Waals surface area contributed by atoms with Crippen LogP contribution in [-0.2, 0) is 24.7 Å². The first-order valence-corrected chi connectivity index (χ1v) is 24.1. The predicted octanol–water partition coefficient (Wildman–Crippen LogP) is 11.1. The SMILES string of the molecule is C1=Cc2cc3ccc(cc4ccc(cc5nc(cc1n2)C=C5)[nH]4)[nH]3.CCOC(=O)CCC(c1cccc2ccccc12)C(Cl)Cl.[Cl][Zn][Cl]. The first kappa shape index (κ1) is 35.8. The van der Waals surface area contributed by atoms with Crippen molar-refractivity contribution >= 4 is 106 Å². The van der Waals surface area contributed by atoms with Crippen LogP contribution in [0.3, 0.4) is 0 Å². The average molecular weight is 772 g/mol. The quantitative estimate of drug-likeness (QED) is 0.100. The molecule has 5 heterocycles. The molecule has 48 heavy (non-hydrogen) atoms. The molecule has 242 valence electrons. The van der Waals surface area contributed by atoms with E-state index in [1.165, 1.54) is 0 Å². The van der Waals surface area contributed by atoms with Crippen molar-refractivity contribution in [3.8, 4) is 0 Å². The summed E-state index contributed by atoms with van der Waals surface area (Å²) < 4.78 is 4.97. The molecule has 3 aromatic heterocycles. The molecule has 1 unspecified atom stereocenters. The minimum absolute atomic E-state index is 0.0937. The van der Waals surface area contributed by atoms with Crippen LogP contribution in [0.5, 0.6) is 0 Å². The number of H-pyrrole nitrogens is 2. The van der Waals surface area contributed by atoms with E-state index in [9.17, 15) is 4.79 Å². The summed E-state index contributed by atoms with van der Waals surface area (Å²) in [6, 6.07) is 30.6. The van der Waals surface area contributed by atoms with Gasteiger partial charge < -0.3 is 14.7 Å². The Morgan fingerprint density at radius 3 is 1.77 bits per heavy atom. The number of benzene rings is 2. The minimum atomic E-state index is -0.931. The standard InChI is InChI=1S/C20H14N4.C17H18Cl2O2.2ClH.Zn/c1-2-14-10-16-5-6-18(23-16)12-20-8-7-19(24-20)11-17-4-3-15(22-17)9-13(1)21-14;1-2-21-16(20)11-10-15(17(18)19)14-9-5-7-12-6-3-4-8-13(12)14;;;/h1-12,21-22H;3-9,15,17H,2,10-11H2,1H3;2*1H;/q;;;;+2/p-2. The Kier molecular flexibility index (Phi) is 13.3. The fourth-order valence-corrected chi connectivity index (χ4v) is 5.96. The number of fused-ring (bicyclic) bond motifs is 9. The van der Waals surface area contributed by atoms with Crippen molar-refractivity contribution in [3.05, 3.63) is 119 Å². The molecule has 0 aliphatic carbocycles. The van der Waals surface area contributed by atoms with Gasteiger partial charge in [-0.2, -0.15) is 0 Å². The van der Waals surface area contributed by atoms with E-state index < -0.39 is 20.0 Å². The summed E-state index contributed by atoms with van der Waals surface area (Å²) >= 11 is 11.4. The summed E-state index contributed by atoms with van der Waals surface area (Å²) in [7, 11) is 9.90. The van der Waals surface area contributed by atoms with Crippen molar-refractivity contribution in [2.45, 2.75) is 30.5 Å². The maximum absolute atomic E-state index is 11.6. The fourth-order valence-electron chi connectivity index (χ4n) is 5.44. The third-order valence-corrected chi connectivity index (χ3v) is 8.14. The zero-order valence-electron chi connectivity index (χ0n) is 26.2. The Balaban J connectivity index is 0.000000176. The maximum atomic E-state index is 11.6. The third kappa shape index (κ3) is 10.0. The first-order chi connectivity index (χ1) is 23.3. The molecule has 0 saturated heterocycles. The molecule has 0 fully saturated rings. The van der Waals surface area contributed by atoms with E-state index in [0.717, 1.165) is 61.2 Å². The summed E-state index contributed by atoms with van der Waals surface area (Å²) in [4.78, 5) is 27.0. The van der Waals surface area contributed by atoms with E-state index in [0.29, 0.717) is 19.4 Å². The van der Waals surface area contributed by atoms with Gasteiger partial charge in [-0.3, -0.25) is 4.79 Å². The number of rotatable bonds is 6. The molecule has 11 heteroatoms. The van der Waals surface area contributed by atoms with Crippen LogP contribution in [0, 0.1) is 0 Å². The number of esters is 1. The van der Waals surface area contributed by atoms with Gasteiger partial charge in [0.2, 0.25) is 0 Å². The van der Waals surface area contributed by atoms with Crippen molar-refractivity contribution in [2.75, 3.05) is 6.61 Å². The van der Waals surface area contributed by atoms with E-state index in [-0.39, 0.29) is 11.9 Å². The summed E-state index contributed by atoms with van der Waals surface area (Å²) in [6.45, 7) is 2.19. The monoisotopic (exact) mass is 768 g/mol. The number of halogens is 4. The van der Waals surface area contributed by atoms with Gasteiger partial charge in [-0.05, 0) is 103 Å². The molecule has 7 rings (SSSR count). The second-order valence-corrected chi connectivity index (χ2v) is 16.6. The Labute approximate surface area is 304 Å². The van der Waals surface area contributed by atoms with E-state index in [4.69, 9.17) is 47.3 Å². The summed E-state index contributed by atoms with van der Waals surface area (Å²) in [5.41, 5.74) is 8.94. The van der Waals surface area contributed by atoms with Gasteiger partial charge in [0.25, 0.3) is 0 Å². The van der Waals surface area contributed by atoms with Gasteiger partial charge >= 0.3 is 40.5 Å². The molecule has 6 nitrogen and oxygen atoms in total. The number of aromatic nitrogens is 4. The Morgan fingerprint density at radius 2 is 1.23 bits per heavy atom.